The van der Waals surface area contributed by atoms with Crippen molar-refractivity contribution in [1.29, 1.82) is 0 Å². The van der Waals surface area contributed by atoms with Gasteiger partial charge in [0.1, 0.15) is 5.69 Å². The Morgan fingerprint density at radius 2 is 1.97 bits per heavy atom. The van der Waals surface area contributed by atoms with Crippen molar-refractivity contribution in [3.8, 4) is 5.69 Å². The second-order valence-electron chi connectivity index (χ2n) is 5.92. The SMILES string of the molecule is C=CCONC(=C)C(Cl)=Cc1cc(-n2c(=O)cc(C(F)(F)F)n(C)c2=O)ccc1Cl. The van der Waals surface area contributed by atoms with Gasteiger partial charge in [0.2, 0.25) is 0 Å². The van der Waals surface area contributed by atoms with E-state index in [1.54, 1.807) is 0 Å². The summed E-state index contributed by atoms with van der Waals surface area (Å²) in [4.78, 5) is 29.7. The van der Waals surface area contributed by atoms with Crippen LogP contribution >= 0.6 is 23.2 Å². The zero-order valence-electron chi connectivity index (χ0n) is 15.6. The summed E-state index contributed by atoms with van der Waals surface area (Å²) in [5.74, 6) is 0. The van der Waals surface area contributed by atoms with Crippen molar-refractivity contribution in [2.24, 2.45) is 7.05 Å². The van der Waals surface area contributed by atoms with Gasteiger partial charge in [0.15, 0.2) is 0 Å². The molecule has 30 heavy (non-hydrogen) atoms. The molecule has 1 aromatic heterocycles. The highest BCUT2D eigenvalue weighted by Crippen LogP contribution is 2.27. The minimum absolute atomic E-state index is 0.0101. The van der Waals surface area contributed by atoms with Crippen LogP contribution in [-0.4, -0.2) is 15.7 Å². The lowest BCUT2D eigenvalue weighted by Crippen LogP contribution is -2.40. The summed E-state index contributed by atoms with van der Waals surface area (Å²) < 4.78 is 40.0. The van der Waals surface area contributed by atoms with Gasteiger partial charge in [-0.25, -0.2) is 9.36 Å². The van der Waals surface area contributed by atoms with Crippen molar-refractivity contribution < 1.29 is 18.0 Å². The van der Waals surface area contributed by atoms with Crippen LogP contribution in [0.3, 0.4) is 0 Å². The number of aromatic nitrogens is 2. The van der Waals surface area contributed by atoms with Crippen molar-refractivity contribution in [3.63, 3.8) is 0 Å². The maximum atomic E-state index is 13.0. The zero-order valence-corrected chi connectivity index (χ0v) is 17.1. The highest BCUT2D eigenvalue weighted by Gasteiger charge is 2.35. The third-order valence-corrected chi connectivity index (χ3v) is 4.50. The van der Waals surface area contributed by atoms with Crippen molar-refractivity contribution >= 4 is 29.3 Å². The highest BCUT2D eigenvalue weighted by atomic mass is 35.5. The van der Waals surface area contributed by atoms with Crippen molar-refractivity contribution in [2.75, 3.05) is 6.61 Å². The normalized spacial score (nSPS) is 12.0. The molecule has 0 bridgehead atoms. The number of allylic oxidation sites excluding steroid dienone is 1. The number of hydrogen-bond donors (Lipinski definition) is 1. The van der Waals surface area contributed by atoms with E-state index in [9.17, 15) is 22.8 Å². The van der Waals surface area contributed by atoms with Crippen LogP contribution < -0.4 is 16.7 Å². The summed E-state index contributed by atoms with van der Waals surface area (Å²) in [5, 5.41) is 0.319. The number of hydroxylamine groups is 1. The van der Waals surface area contributed by atoms with E-state index < -0.39 is 23.1 Å². The fourth-order valence-corrected chi connectivity index (χ4v) is 2.70. The Bertz CT molecular complexity index is 1130. The smallest absolute Gasteiger partial charge is 0.292 e. The van der Waals surface area contributed by atoms with E-state index in [0.29, 0.717) is 20.8 Å². The first-order chi connectivity index (χ1) is 14.0. The van der Waals surface area contributed by atoms with Crippen LogP contribution in [0.25, 0.3) is 11.8 Å². The summed E-state index contributed by atoms with van der Waals surface area (Å²) >= 11 is 12.3. The van der Waals surface area contributed by atoms with Crippen LogP contribution in [-0.2, 0) is 18.1 Å². The number of halogens is 5. The first-order valence-corrected chi connectivity index (χ1v) is 8.98. The topological polar surface area (TPSA) is 65.3 Å². The Balaban J connectivity index is 2.52. The quantitative estimate of drug-likeness (QED) is 0.293. The average molecular weight is 462 g/mol. The van der Waals surface area contributed by atoms with Gasteiger partial charge in [-0.15, -0.1) is 6.58 Å². The standard InChI is InChI=1S/C19H16Cl2F3N3O3/c1-4-7-30-25-11(2)15(21)9-12-8-13(5-6-14(12)20)27-17(28)10-16(19(22,23)24)26(3)18(27)29/h4-6,8-10,25H,1-2,7H2,3H3. The summed E-state index contributed by atoms with van der Waals surface area (Å²) in [6.45, 7) is 7.35. The van der Waals surface area contributed by atoms with Crippen LogP contribution in [0.4, 0.5) is 13.2 Å². The molecule has 0 unspecified atom stereocenters. The summed E-state index contributed by atoms with van der Waals surface area (Å²) in [6.07, 6.45) is -1.96. The lowest BCUT2D eigenvalue weighted by molar-refractivity contribution is -0.144. The molecule has 2 aromatic rings. The lowest BCUT2D eigenvalue weighted by Gasteiger charge is -2.14. The number of nitrogens with zero attached hydrogens (tertiary/aromatic N) is 2. The van der Waals surface area contributed by atoms with Gasteiger partial charge in [0.05, 0.1) is 23.0 Å². The largest absolute Gasteiger partial charge is 0.431 e. The van der Waals surface area contributed by atoms with Crippen LogP contribution in [0, 0.1) is 0 Å². The van der Waals surface area contributed by atoms with E-state index in [-0.39, 0.29) is 28.0 Å². The minimum Gasteiger partial charge on any atom is -0.292 e. The molecule has 2 rings (SSSR count). The Morgan fingerprint density at radius 1 is 1.30 bits per heavy atom. The molecule has 1 aromatic carbocycles. The van der Waals surface area contributed by atoms with E-state index in [2.05, 4.69) is 18.6 Å². The molecule has 6 nitrogen and oxygen atoms in total. The Morgan fingerprint density at radius 3 is 2.57 bits per heavy atom. The number of nitrogens with one attached hydrogen (secondary N) is 1. The van der Waals surface area contributed by atoms with Gasteiger partial charge in [-0.1, -0.05) is 35.9 Å². The van der Waals surface area contributed by atoms with E-state index in [1.807, 2.05) is 0 Å². The first-order valence-electron chi connectivity index (χ1n) is 8.22. The molecule has 1 N–H and O–H groups in total. The molecule has 0 aliphatic rings. The van der Waals surface area contributed by atoms with Gasteiger partial charge in [0, 0.05) is 18.1 Å². The Kier molecular flexibility index (Phi) is 7.35. The molecule has 1 heterocycles. The van der Waals surface area contributed by atoms with Gasteiger partial charge in [0.25, 0.3) is 5.56 Å². The number of rotatable bonds is 7. The fourth-order valence-electron chi connectivity index (χ4n) is 2.38. The Hall–Kier alpha value is -2.75. The van der Waals surface area contributed by atoms with Gasteiger partial charge in [-0.3, -0.25) is 19.7 Å². The highest BCUT2D eigenvalue weighted by molar-refractivity contribution is 6.35. The zero-order chi connectivity index (χ0) is 22.6. The molecule has 0 amide bonds. The van der Waals surface area contributed by atoms with E-state index in [1.165, 1.54) is 30.4 Å². The number of benzene rings is 1. The lowest BCUT2D eigenvalue weighted by atomic mass is 10.1. The van der Waals surface area contributed by atoms with Crippen LogP contribution in [0.1, 0.15) is 11.3 Å². The molecular formula is C19H16Cl2F3N3O3. The van der Waals surface area contributed by atoms with E-state index >= 15 is 0 Å². The maximum Gasteiger partial charge on any atom is 0.431 e. The van der Waals surface area contributed by atoms with Crippen molar-refractivity contribution in [2.45, 2.75) is 6.18 Å². The molecule has 0 spiro atoms. The third kappa shape index (κ3) is 5.24. The van der Waals surface area contributed by atoms with Crippen LogP contribution in [0.15, 0.2) is 63.8 Å². The van der Waals surface area contributed by atoms with Gasteiger partial charge in [-0.05, 0) is 29.8 Å². The molecule has 0 aliphatic heterocycles. The van der Waals surface area contributed by atoms with Crippen LogP contribution in [0.2, 0.25) is 5.02 Å². The average Bonchev–Trinajstić information content (AvgIpc) is 2.66. The predicted octanol–water partition coefficient (Wildman–Crippen LogP) is 4.01. The molecule has 0 saturated heterocycles. The molecule has 160 valence electrons. The molecule has 0 aliphatic carbocycles. The van der Waals surface area contributed by atoms with E-state index in [0.717, 1.165) is 7.05 Å². The second-order valence-corrected chi connectivity index (χ2v) is 6.74. The van der Waals surface area contributed by atoms with Gasteiger partial charge in [-0.2, -0.15) is 13.2 Å². The fraction of sp³-hybridized carbons (Fsp3) is 0.158. The monoisotopic (exact) mass is 461 g/mol. The van der Waals surface area contributed by atoms with Crippen LogP contribution in [0.5, 0.6) is 0 Å². The molecule has 0 radical (unpaired) electrons. The maximum absolute atomic E-state index is 13.0. The summed E-state index contributed by atoms with van der Waals surface area (Å²) in [7, 11) is 0.924. The predicted molar refractivity (Wildman–Crippen MR) is 110 cm³/mol. The van der Waals surface area contributed by atoms with Crippen molar-refractivity contribution in [1.82, 2.24) is 14.6 Å². The molecule has 0 fully saturated rings. The molecule has 11 heteroatoms. The van der Waals surface area contributed by atoms with E-state index in [4.69, 9.17) is 28.0 Å². The second kappa shape index (κ2) is 9.38. The molecule has 0 atom stereocenters. The number of hydrogen-bond acceptors (Lipinski definition) is 4. The Labute approximate surface area is 179 Å². The van der Waals surface area contributed by atoms with Crippen molar-refractivity contribution in [3.05, 3.63) is 91.3 Å². The van der Waals surface area contributed by atoms with Gasteiger partial charge < -0.3 is 0 Å². The summed E-state index contributed by atoms with van der Waals surface area (Å²) in [6, 6.07) is 4.38. The van der Waals surface area contributed by atoms with Gasteiger partial charge >= 0.3 is 11.9 Å². The number of alkyl halides is 3. The third-order valence-electron chi connectivity index (χ3n) is 3.82. The molecular weight excluding hydrogens is 446 g/mol. The molecule has 0 saturated carbocycles. The first kappa shape index (κ1) is 23.5. The summed E-state index contributed by atoms with van der Waals surface area (Å²) in [5.41, 5.74) is -0.670. The minimum atomic E-state index is -4.85.